The van der Waals surface area contributed by atoms with Crippen molar-refractivity contribution in [1.29, 1.82) is 0 Å². The van der Waals surface area contributed by atoms with Gasteiger partial charge in [0.2, 0.25) is 0 Å². The van der Waals surface area contributed by atoms with Crippen LogP contribution in [0.25, 0.3) is 0 Å². The summed E-state index contributed by atoms with van der Waals surface area (Å²) in [6, 6.07) is 11.3. The molecule has 4 nitrogen and oxygen atoms in total. The summed E-state index contributed by atoms with van der Waals surface area (Å²) in [6.07, 6.45) is 0. The van der Waals surface area contributed by atoms with Gasteiger partial charge in [-0.25, -0.2) is 0 Å². The highest BCUT2D eigenvalue weighted by Gasteiger charge is 2.32. The van der Waals surface area contributed by atoms with Gasteiger partial charge in [0.1, 0.15) is 5.75 Å². The Hall–Kier alpha value is -2.62. The van der Waals surface area contributed by atoms with Crippen LogP contribution in [0.3, 0.4) is 0 Å². The van der Waals surface area contributed by atoms with Gasteiger partial charge < -0.3 is 10.8 Å². The summed E-state index contributed by atoms with van der Waals surface area (Å²) in [5.41, 5.74) is 13.2. The standard InChI is InChI=1S/C11H14N2.C11H13NO.2CH4/c1-7-11(2,3)9-6-8(12)4-5-10(9)13-7;1-7-11(2,3)9-6-8(13)4-5-10(9)12-7;;/h4-6H,12H2,1-3H3;4-6,13H,1-3H3;2*1H4. The average Bonchev–Trinajstić information content (AvgIpc) is 2.92. The maximum absolute atomic E-state index is 9.36. The van der Waals surface area contributed by atoms with Crippen LogP contribution in [-0.2, 0) is 10.8 Å². The van der Waals surface area contributed by atoms with Gasteiger partial charge in [-0.2, -0.15) is 0 Å². The van der Waals surface area contributed by atoms with Crippen molar-refractivity contribution < 1.29 is 5.11 Å². The number of anilines is 1. The molecule has 0 amide bonds. The van der Waals surface area contributed by atoms with E-state index in [2.05, 4.69) is 44.6 Å². The molecule has 0 bridgehead atoms. The Balaban J connectivity index is 0.000000261. The second kappa shape index (κ2) is 7.78. The van der Waals surface area contributed by atoms with Crippen LogP contribution in [0.2, 0.25) is 0 Å². The van der Waals surface area contributed by atoms with E-state index in [9.17, 15) is 5.11 Å². The van der Waals surface area contributed by atoms with Gasteiger partial charge in [0.05, 0.1) is 11.4 Å². The molecule has 0 saturated heterocycles. The summed E-state index contributed by atoms with van der Waals surface area (Å²) in [5, 5.41) is 9.36. The van der Waals surface area contributed by atoms with Gasteiger partial charge in [0.25, 0.3) is 0 Å². The maximum atomic E-state index is 9.36. The molecule has 2 aromatic rings. The first-order valence-corrected chi connectivity index (χ1v) is 8.88. The van der Waals surface area contributed by atoms with Gasteiger partial charge in [-0.3, -0.25) is 9.98 Å². The molecule has 0 fully saturated rings. The first-order valence-electron chi connectivity index (χ1n) is 8.88. The molecule has 2 aliphatic heterocycles. The number of nitrogens with two attached hydrogens (primary N) is 1. The van der Waals surface area contributed by atoms with Crippen LogP contribution in [0, 0.1) is 0 Å². The molecule has 0 radical (unpaired) electrons. The molecule has 3 N–H and O–H groups in total. The van der Waals surface area contributed by atoms with Crippen molar-refractivity contribution in [2.45, 2.75) is 67.2 Å². The molecule has 2 aliphatic rings. The SMILES string of the molecule is C.C.CC1=Nc2ccc(N)cc2C1(C)C.CC1=Nc2ccc(O)cc2C1(C)C. The fraction of sp³-hybridized carbons (Fsp3) is 0.417. The summed E-state index contributed by atoms with van der Waals surface area (Å²) < 4.78 is 0. The molecule has 0 unspecified atom stereocenters. The zero-order valence-electron chi connectivity index (χ0n) is 16.4. The Morgan fingerprint density at radius 2 is 1.18 bits per heavy atom. The van der Waals surface area contributed by atoms with Crippen molar-refractivity contribution in [3.8, 4) is 5.75 Å². The predicted molar refractivity (Wildman–Crippen MR) is 124 cm³/mol. The molecule has 0 atom stereocenters. The summed E-state index contributed by atoms with van der Waals surface area (Å²) in [4.78, 5) is 8.96. The van der Waals surface area contributed by atoms with Crippen molar-refractivity contribution in [3.05, 3.63) is 47.5 Å². The highest BCUT2D eigenvalue weighted by atomic mass is 16.3. The lowest BCUT2D eigenvalue weighted by Crippen LogP contribution is -2.22. The topological polar surface area (TPSA) is 71.0 Å². The summed E-state index contributed by atoms with van der Waals surface area (Å²) in [5.74, 6) is 0.316. The fourth-order valence-electron chi connectivity index (χ4n) is 3.30. The molecule has 0 aromatic heterocycles. The Bertz CT molecular complexity index is 859. The highest BCUT2D eigenvalue weighted by molar-refractivity contribution is 6.00. The van der Waals surface area contributed by atoms with Crippen LogP contribution < -0.4 is 5.73 Å². The van der Waals surface area contributed by atoms with Crippen LogP contribution >= 0.6 is 0 Å². The van der Waals surface area contributed by atoms with E-state index in [-0.39, 0.29) is 25.7 Å². The Morgan fingerprint density at radius 1 is 0.750 bits per heavy atom. The minimum absolute atomic E-state index is 0. The smallest absolute Gasteiger partial charge is 0.116 e. The predicted octanol–water partition coefficient (Wildman–Crippen LogP) is 6.70. The lowest BCUT2D eigenvalue weighted by Gasteiger charge is -2.19. The third-order valence-corrected chi connectivity index (χ3v) is 5.73. The van der Waals surface area contributed by atoms with Gasteiger partial charge >= 0.3 is 0 Å². The molecule has 2 aromatic carbocycles. The van der Waals surface area contributed by atoms with Gasteiger partial charge in [0, 0.05) is 27.9 Å². The largest absolute Gasteiger partial charge is 0.508 e. The first kappa shape index (κ1) is 23.4. The molecule has 28 heavy (non-hydrogen) atoms. The van der Waals surface area contributed by atoms with Gasteiger partial charge in [-0.1, -0.05) is 42.5 Å². The zero-order valence-corrected chi connectivity index (χ0v) is 16.4. The Kier molecular flexibility index (Phi) is 6.51. The van der Waals surface area contributed by atoms with Crippen LogP contribution in [0.1, 0.15) is 67.5 Å². The van der Waals surface area contributed by atoms with Gasteiger partial charge in [0.15, 0.2) is 0 Å². The van der Waals surface area contributed by atoms with Crippen molar-refractivity contribution >= 4 is 28.5 Å². The van der Waals surface area contributed by atoms with E-state index >= 15 is 0 Å². The van der Waals surface area contributed by atoms with E-state index in [0.29, 0.717) is 5.75 Å². The molecule has 4 rings (SSSR count). The number of hydrogen-bond donors (Lipinski definition) is 2. The van der Waals surface area contributed by atoms with E-state index in [1.807, 2.05) is 31.2 Å². The maximum Gasteiger partial charge on any atom is 0.116 e. The van der Waals surface area contributed by atoms with Gasteiger partial charge in [-0.15, -0.1) is 0 Å². The fourth-order valence-corrected chi connectivity index (χ4v) is 3.30. The normalized spacial score (nSPS) is 16.9. The summed E-state index contributed by atoms with van der Waals surface area (Å²) in [6.45, 7) is 12.7. The number of phenols is 1. The lowest BCUT2D eigenvalue weighted by atomic mass is 9.82. The number of fused-ring (bicyclic) bond motifs is 2. The third-order valence-electron chi connectivity index (χ3n) is 5.73. The summed E-state index contributed by atoms with van der Waals surface area (Å²) in [7, 11) is 0. The molecule has 2 heterocycles. The molecule has 152 valence electrons. The number of nitrogens with zero attached hydrogens (tertiary/aromatic N) is 2. The summed E-state index contributed by atoms with van der Waals surface area (Å²) >= 11 is 0. The minimum Gasteiger partial charge on any atom is -0.508 e. The minimum atomic E-state index is -0.0337. The number of aliphatic imine (C=N–C) groups is 2. The number of nitrogen functional groups attached to an aromatic ring is 1. The molecule has 0 aliphatic carbocycles. The van der Waals surface area contributed by atoms with E-state index < -0.39 is 0 Å². The molecule has 4 heteroatoms. The third kappa shape index (κ3) is 3.82. The van der Waals surface area contributed by atoms with Crippen molar-refractivity contribution in [3.63, 3.8) is 0 Å². The Morgan fingerprint density at radius 3 is 1.68 bits per heavy atom. The van der Waals surface area contributed by atoms with Crippen molar-refractivity contribution in [2.75, 3.05) is 5.73 Å². The second-order valence-corrected chi connectivity index (χ2v) is 8.12. The van der Waals surface area contributed by atoms with E-state index in [1.54, 1.807) is 12.1 Å². The van der Waals surface area contributed by atoms with Gasteiger partial charge in [-0.05, 0) is 61.4 Å². The average molecular weight is 382 g/mol. The van der Waals surface area contributed by atoms with Crippen LogP contribution in [0.4, 0.5) is 17.1 Å². The quantitative estimate of drug-likeness (QED) is 0.498. The number of hydrogen-bond acceptors (Lipinski definition) is 4. The Labute approximate surface area is 170 Å². The number of aromatic hydroxyl groups is 1. The van der Waals surface area contributed by atoms with Crippen LogP contribution in [-0.4, -0.2) is 16.5 Å². The van der Waals surface area contributed by atoms with Crippen molar-refractivity contribution in [2.24, 2.45) is 9.98 Å². The molecular weight excluding hydrogens is 346 g/mol. The number of benzene rings is 2. The van der Waals surface area contributed by atoms with Crippen LogP contribution in [0.5, 0.6) is 5.75 Å². The molecule has 0 saturated carbocycles. The van der Waals surface area contributed by atoms with E-state index in [4.69, 9.17) is 5.73 Å². The number of rotatable bonds is 0. The molecule has 0 spiro atoms. The number of phenolic OH excluding ortho intramolecular Hbond substituents is 1. The monoisotopic (exact) mass is 381 g/mol. The van der Waals surface area contributed by atoms with Crippen LogP contribution in [0.15, 0.2) is 46.4 Å². The first-order chi connectivity index (χ1) is 12.0. The van der Waals surface area contributed by atoms with E-state index in [0.717, 1.165) is 34.0 Å². The van der Waals surface area contributed by atoms with Crippen molar-refractivity contribution in [1.82, 2.24) is 0 Å². The highest BCUT2D eigenvalue weighted by Crippen LogP contribution is 2.41. The second-order valence-electron chi connectivity index (χ2n) is 8.12. The molecular formula is C24H35N3O. The zero-order chi connectivity index (χ0) is 19.3. The van der Waals surface area contributed by atoms with E-state index in [1.165, 1.54) is 5.56 Å². The lowest BCUT2D eigenvalue weighted by molar-refractivity contribution is 0.473.